The summed E-state index contributed by atoms with van der Waals surface area (Å²) in [6.07, 6.45) is 0.463. The highest BCUT2D eigenvalue weighted by molar-refractivity contribution is 6.06. The molecule has 1 aliphatic rings. The topological polar surface area (TPSA) is 79.5 Å². The Bertz CT molecular complexity index is 522. The highest BCUT2D eigenvalue weighted by Gasteiger charge is 2.21. The van der Waals surface area contributed by atoms with Crippen LogP contribution in [0.25, 0.3) is 0 Å². The van der Waals surface area contributed by atoms with Gasteiger partial charge in [0.1, 0.15) is 0 Å². The van der Waals surface area contributed by atoms with Crippen molar-refractivity contribution in [2.24, 2.45) is 11.0 Å². The molecule has 1 aromatic carbocycles. The predicted octanol–water partition coefficient (Wildman–Crippen LogP) is 1.95. The van der Waals surface area contributed by atoms with Gasteiger partial charge in [0.25, 0.3) is 0 Å². The number of benzene rings is 1. The van der Waals surface area contributed by atoms with E-state index < -0.39 is 0 Å². The van der Waals surface area contributed by atoms with Crippen LogP contribution in [0.3, 0.4) is 0 Å². The highest BCUT2D eigenvalue weighted by Crippen LogP contribution is 2.24. The summed E-state index contributed by atoms with van der Waals surface area (Å²) in [5, 5.41) is 7.42. The standard InChI is InChI=1S/C14H20N4O/c1-8(2)16-12-5-4-10(7-11(12)15)14-9(3)6-13(19)17-18-14/h4-5,7-9,16H,6,15H2,1-3H3,(H,17,19). The van der Waals surface area contributed by atoms with Crippen LogP contribution < -0.4 is 16.5 Å². The number of hydrogen-bond acceptors (Lipinski definition) is 4. The number of nitrogens with two attached hydrogens (primary N) is 1. The number of rotatable bonds is 3. The first-order chi connectivity index (χ1) is 8.97. The fourth-order valence-corrected chi connectivity index (χ4v) is 2.17. The van der Waals surface area contributed by atoms with E-state index in [0.29, 0.717) is 18.2 Å². The Morgan fingerprint density at radius 2 is 2.21 bits per heavy atom. The fourth-order valence-electron chi connectivity index (χ4n) is 2.17. The minimum absolute atomic E-state index is 0.0395. The third-order valence-electron chi connectivity index (χ3n) is 3.05. The van der Waals surface area contributed by atoms with Crippen molar-refractivity contribution in [2.75, 3.05) is 11.1 Å². The number of amides is 1. The molecule has 102 valence electrons. The maximum Gasteiger partial charge on any atom is 0.240 e. The van der Waals surface area contributed by atoms with Gasteiger partial charge in [-0.05, 0) is 26.0 Å². The summed E-state index contributed by atoms with van der Waals surface area (Å²) in [7, 11) is 0. The number of carbonyl (C=O) groups excluding carboxylic acids is 1. The maximum absolute atomic E-state index is 11.2. The van der Waals surface area contributed by atoms with Gasteiger partial charge in [-0.3, -0.25) is 4.79 Å². The molecule has 0 radical (unpaired) electrons. The summed E-state index contributed by atoms with van der Waals surface area (Å²) in [5.41, 5.74) is 12.0. The molecule has 1 aromatic rings. The van der Waals surface area contributed by atoms with E-state index in [1.54, 1.807) is 0 Å². The molecule has 0 saturated carbocycles. The molecule has 0 aromatic heterocycles. The summed E-state index contributed by atoms with van der Waals surface area (Å²) in [5.74, 6) is 0.0689. The Hall–Kier alpha value is -2.04. The second-order valence-corrected chi connectivity index (χ2v) is 5.24. The van der Waals surface area contributed by atoms with Gasteiger partial charge in [-0.2, -0.15) is 5.10 Å². The number of carbonyl (C=O) groups is 1. The van der Waals surface area contributed by atoms with E-state index in [1.165, 1.54) is 0 Å². The summed E-state index contributed by atoms with van der Waals surface area (Å²) in [4.78, 5) is 11.2. The fraction of sp³-hybridized carbons (Fsp3) is 0.429. The van der Waals surface area contributed by atoms with Gasteiger partial charge in [0.2, 0.25) is 5.91 Å². The van der Waals surface area contributed by atoms with Crippen LogP contribution in [0.15, 0.2) is 23.3 Å². The molecule has 1 atom stereocenters. The van der Waals surface area contributed by atoms with Crippen LogP contribution in [0.5, 0.6) is 0 Å². The van der Waals surface area contributed by atoms with E-state index >= 15 is 0 Å². The number of hydrazone groups is 1. The second kappa shape index (κ2) is 5.30. The maximum atomic E-state index is 11.2. The molecule has 0 aliphatic carbocycles. The molecule has 1 amide bonds. The highest BCUT2D eigenvalue weighted by atomic mass is 16.2. The monoisotopic (exact) mass is 260 g/mol. The molecule has 5 heteroatoms. The molecule has 0 bridgehead atoms. The van der Waals surface area contributed by atoms with Crippen LogP contribution in [0, 0.1) is 5.92 Å². The number of nitrogen functional groups attached to an aromatic ring is 1. The van der Waals surface area contributed by atoms with Crippen molar-refractivity contribution in [3.8, 4) is 0 Å². The zero-order chi connectivity index (χ0) is 14.0. The smallest absolute Gasteiger partial charge is 0.240 e. The van der Waals surface area contributed by atoms with Crippen LogP contribution >= 0.6 is 0 Å². The predicted molar refractivity (Wildman–Crippen MR) is 78.1 cm³/mol. The largest absolute Gasteiger partial charge is 0.397 e. The van der Waals surface area contributed by atoms with Gasteiger partial charge in [0, 0.05) is 23.9 Å². The SMILES string of the molecule is CC(C)Nc1ccc(C2=NNC(=O)CC2C)cc1N. The van der Waals surface area contributed by atoms with Crippen molar-refractivity contribution in [1.82, 2.24) is 5.43 Å². The van der Waals surface area contributed by atoms with Crippen LogP contribution in [0.1, 0.15) is 32.8 Å². The Kier molecular flexibility index (Phi) is 3.74. The van der Waals surface area contributed by atoms with Crippen LogP contribution in [0.4, 0.5) is 11.4 Å². The zero-order valence-electron chi connectivity index (χ0n) is 11.5. The number of anilines is 2. The average Bonchev–Trinajstić information content (AvgIpc) is 2.31. The molecule has 1 aliphatic heterocycles. The third-order valence-corrected chi connectivity index (χ3v) is 3.05. The lowest BCUT2D eigenvalue weighted by atomic mass is 9.93. The number of nitrogens with zero attached hydrogens (tertiary/aromatic N) is 1. The van der Waals surface area contributed by atoms with E-state index in [2.05, 4.69) is 29.7 Å². The molecule has 5 nitrogen and oxygen atoms in total. The molecule has 2 rings (SSSR count). The molecule has 0 spiro atoms. The van der Waals surface area contributed by atoms with Gasteiger partial charge in [-0.25, -0.2) is 5.43 Å². The van der Waals surface area contributed by atoms with E-state index in [1.807, 2.05) is 25.1 Å². The van der Waals surface area contributed by atoms with Crippen LogP contribution in [0.2, 0.25) is 0 Å². The van der Waals surface area contributed by atoms with Crippen LogP contribution in [-0.4, -0.2) is 17.7 Å². The van der Waals surface area contributed by atoms with Gasteiger partial charge in [-0.1, -0.05) is 13.0 Å². The molecule has 0 fully saturated rings. The van der Waals surface area contributed by atoms with Crippen molar-refractivity contribution in [2.45, 2.75) is 33.2 Å². The summed E-state index contributed by atoms with van der Waals surface area (Å²) in [6.45, 7) is 6.13. The van der Waals surface area contributed by atoms with E-state index in [4.69, 9.17) is 5.73 Å². The van der Waals surface area contributed by atoms with Gasteiger partial charge < -0.3 is 11.1 Å². The minimum atomic E-state index is -0.0395. The minimum Gasteiger partial charge on any atom is -0.397 e. The van der Waals surface area contributed by atoms with Gasteiger partial charge >= 0.3 is 0 Å². The van der Waals surface area contributed by atoms with E-state index in [9.17, 15) is 4.79 Å². The lowest BCUT2D eigenvalue weighted by molar-refractivity contribution is -0.121. The lowest BCUT2D eigenvalue weighted by Gasteiger charge is -2.20. The summed E-state index contributed by atoms with van der Waals surface area (Å²) in [6, 6.07) is 6.17. The van der Waals surface area contributed by atoms with Crippen molar-refractivity contribution in [3.63, 3.8) is 0 Å². The Labute approximate surface area is 113 Å². The quantitative estimate of drug-likeness (QED) is 0.727. The Balaban J connectivity index is 2.27. The molecular formula is C14H20N4O. The summed E-state index contributed by atoms with van der Waals surface area (Å²) >= 11 is 0. The van der Waals surface area contributed by atoms with E-state index in [0.717, 1.165) is 17.0 Å². The van der Waals surface area contributed by atoms with Gasteiger partial charge in [-0.15, -0.1) is 0 Å². The average molecular weight is 260 g/mol. The zero-order valence-corrected chi connectivity index (χ0v) is 11.5. The third kappa shape index (κ3) is 3.05. The van der Waals surface area contributed by atoms with Crippen molar-refractivity contribution < 1.29 is 4.79 Å². The Morgan fingerprint density at radius 3 is 2.79 bits per heavy atom. The van der Waals surface area contributed by atoms with Crippen molar-refractivity contribution in [1.29, 1.82) is 0 Å². The first-order valence-corrected chi connectivity index (χ1v) is 6.50. The molecular weight excluding hydrogens is 240 g/mol. The molecule has 1 unspecified atom stereocenters. The Morgan fingerprint density at radius 1 is 1.47 bits per heavy atom. The van der Waals surface area contributed by atoms with Crippen LogP contribution in [-0.2, 0) is 4.79 Å². The molecule has 19 heavy (non-hydrogen) atoms. The number of nitrogens with one attached hydrogen (secondary N) is 2. The first kappa shape index (κ1) is 13.4. The summed E-state index contributed by atoms with van der Waals surface area (Å²) < 4.78 is 0. The second-order valence-electron chi connectivity index (χ2n) is 5.24. The lowest BCUT2D eigenvalue weighted by Crippen LogP contribution is -2.32. The first-order valence-electron chi connectivity index (χ1n) is 6.50. The molecule has 0 saturated heterocycles. The number of hydrogen-bond donors (Lipinski definition) is 3. The van der Waals surface area contributed by atoms with Gasteiger partial charge in [0.05, 0.1) is 17.1 Å². The van der Waals surface area contributed by atoms with Gasteiger partial charge in [0.15, 0.2) is 0 Å². The molecule has 4 N–H and O–H groups in total. The molecule has 1 heterocycles. The van der Waals surface area contributed by atoms with Crippen molar-refractivity contribution in [3.05, 3.63) is 23.8 Å². The normalized spacial score (nSPS) is 19.1. The van der Waals surface area contributed by atoms with E-state index in [-0.39, 0.29) is 11.8 Å². The van der Waals surface area contributed by atoms with Crippen molar-refractivity contribution >= 4 is 23.0 Å².